The highest BCUT2D eigenvalue weighted by Crippen LogP contribution is 1.79. The molecule has 0 rings (SSSR count). The topological polar surface area (TPSA) is 43.7 Å². The minimum atomic E-state index is -0.759. The molecule has 0 fully saturated rings. The summed E-state index contributed by atoms with van der Waals surface area (Å²) >= 11 is 0. The molecule has 2 N–H and O–H groups in total. The van der Waals surface area contributed by atoms with Crippen molar-refractivity contribution < 1.29 is 10.3 Å². The number of aliphatic hydroxyl groups is 1. The summed E-state index contributed by atoms with van der Waals surface area (Å²) in [7, 11) is 1.38. The van der Waals surface area contributed by atoms with Crippen LogP contribution in [0.5, 0.6) is 0 Å². The van der Waals surface area contributed by atoms with Gasteiger partial charge in [0.15, 0.2) is 0 Å². The molecule has 38 valence electrons. The maximum Gasteiger partial charge on any atom is 0.126 e. The van der Waals surface area contributed by atoms with E-state index in [9.17, 15) is 0 Å². The fraction of sp³-hybridized carbons (Fsp3) is 1.00. The Morgan fingerprint density at radius 2 is 1.83 bits per heavy atom. The third kappa shape index (κ3) is 2.14. The molecule has 0 aliphatic rings. The van der Waals surface area contributed by atoms with Crippen LogP contribution in [-0.2, 0) is 0 Å². The number of aliphatic hydroxyl groups excluding tert-OH is 1. The quantitative estimate of drug-likeness (QED) is 0.342. The smallest absolute Gasteiger partial charge is 0.126 e. The molecular weight excluding hydrogens is 82.0 g/mol. The SMILES string of the molecule is CC(O)N(C)O. The van der Waals surface area contributed by atoms with E-state index in [-0.39, 0.29) is 0 Å². The van der Waals surface area contributed by atoms with Crippen LogP contribution in [0.1, 0.15) is 6.92 Å². The van der Waals surface area contributed by atoms with E-state index in [1.807, 2.05) is 0 Å². The first kappa shape index (κ1) is 5.88. The Bertz CT molecular complexity index is 29.8. The Hall–Kier alpha value is -0.120. The predicted octanol–water partition coefficient (Wildman–Crippen LogP) is -0.354. The molecule has 0 heterocycles. The molecule has 0 aliphatic carbocycles. The highest BCUT2D eigenvalue weighted by molar-refractivity contribution is 4.27. The first-order valence-electron chi connectivity index (χ1n) is 1.74. The van der Waals surface area contributed by atoms with Gasteiger partial charge in [0.25, 0.3) is 0 Å². The van der Waals surface area contributed by atoms with E-state index in [0.29, 0.717) is 0 Å². The molecule has 0 radical (unpaired) electrons. The van der Waals surface area contributed by atoms with Gasteiger partial charge in [0, 0.05) is 7.05 Å². The van der Waals surface area contributed by atoms with E-state index < -0.39 is 6.23 Å². The number of hydrogen-bond donors (Lipinski definition) is 2. The van der Waals surface area contributed by atoms with Crippen molar-refractivity contribution >= 4 is 0 Å². The standard InChI is InChI=1S/C3H9NO2/c1-3(5)4(2)6/h3,5-6H,1-2H3. The summed E-state index contributed by atoms with van der Waals surface area (Å²) in [5.41, 5.74) is 0. The maximum atomic E-state index is 8.31. The third-order valence-electron chi connectivity index (χ3n) is 0.541. The minimum absolute atomic E-state index is 0.722. The molecular formula is C3H9NO2. The van der Waals surface area contributed by atoms with Gasteiger partial charge in [-0.1, -0.05) is 0 Å². The second-order valence-electron chi connectivity index (χ2n) is 1.21. The van der Waals surface area contributed by atoms with E-state index in [2.05, 4.69) is 0 Å². The van der Waals surface area contributed by atoms with Gasteiger partial charge in [-0.3, -0.25) is 0 Å². The zero-order valence-electron chi connectivity index (χ0n) is 3.92. The fourth-order valence-corrected chi connectivity index (χ4v) is 0. The molecule has 0 aromatic heterocycles. The van der Waals surface area contributed by atoms with Crippen LogP contribution in [-0.4, -0.2) is 28.7 Å². The van der Waals surface area contributed by atoms with Crippen LogP contribution in [0.25, 0.3) is 0 Å². The summed E-state index contributed by atoms with van der Waals surface area (Å²) < 4.78 is 0. The van der Waals surface area contributed by atoms with Crippen molar-refractivity contribution in [1.29, 1.82) is 0 Å². The molecule has 3 heteroatoms. The van der Waals surface area contributed by atoms with Crippen molar-refractivity contribution in [2.24, 2.45) is 0 Å². The van der Waals surface area contributed by atoms with Gasteiger partial charge < -0.3 is 10.3 Å². The van der Waals surface area contributed by atoms with Crippen LogP contribution in [0.4, 0.5) is 0 Å². The van der Waals surface area contributed by atoms with Gasteiger partial charge in [0.05, 0.1) is 0 Å². The molecule has 1 unspecified atom stereocenters. The molecule has 6 heavy (non-hydrogen) atoms. The van der Waals surface area contributed by atoms with Gasteiger partial charge in [-0.2, -0.15) is 5.06 Å². The average Bonchev–Trinajstić information content (AvgIpc) is 1.36. The highest BCUT2D eigenvalue weighted by Gasteiger charge is 1.94. The lowest BCUT2D eigenvalue weighted by atomic mass is 10.7. The third-order valence-corrected chi connectivity index (χ3v) is 0.541. The van der Waals surface area contributed by atoms with Crippen molar-refractivity contribution in [2.75, 3.05) is 7.05 Å². The zero-order valence-corrected chi connectivity index (χ0v) is 3.92. The maximum absolute atomic E-state index is 8.31. The van der Waals surface area contributed by atoms with Gasteiger partial charge in [-0.25, -0.2) is 0 Å². The molecule has 0 amide bonds. The number of nitrogens with zero attached hydrogens (tertiary/aromatic N) is 1. The van der Waals surface area contributed by atoms with E-state index in [0.717, 1.165) is 5.06 Å². The number of hydroxylamine groups is 2. The molecule has 0 saturated heterocycles. The molecule has 3 nitrogen and oxygen atoms in total. The van der Waals surface area contributed by atoms with Crippen molar-refractivity contribution in [2.45, 2.75) is 13.2 Å². The van der Waals surface area contributed by atoms with Crippen molar-refractivity contribution in [3.63, 3.8) is 0 Å². The first-order chi connectivity index (χ1) is 2.64. The Labute approximate surface area is 36.8 Å². The van der Waals surface area contributed by atoms with Gasteiger partial charge in [-0.15, -0.1) is 0 Å². The van der Waals surface area contributed by atoms with Gasteiger partial charge in [-0.05, 0) is 6.92 Å². The lowest BCUT2D eigenvalue weighted by Gasteiger charge is -2.08. The molecule has 1 atom stereocenters. The van der Waals surface area contributed by atoms with Crippen molar-refractivity contribution in [3.8, 4) is 0 Å². The lowest BCUT2D eigenvalue weighted by molar-refractivity contribution is -0.168. The summed E-state index contributed by atoms with van der Waals surface area (Å²) in [6, 6.07) is 0. The molecule has 0 aromatic rings. The molecule has 0 aliphatic heterocycles. The summed E-state index contributed by atoms with van der Waals surface area (Å²) in [6.45, 7) is 1.47. The van der Waals surface area contributed by atoms with E-state index in [4.69, 9.17) is 10.3 Å². The predicted molar refractivity (Wildman–Crippen MR) is 21.2 cm³/mol. The van der Waals surface area contributed by atoms with Crippen LogP contribution in [0.15, 0.2) is 0 Å². The summed E-state index contributed by atoms with van der Waals surface area (Å²) in [6.07, 6.45) is -0.759. The largest absolute Gasteiger partial charge is 0.377 e. The monoisotopic (exact) mass is 91.1 g/mol. The van der Waals surface area contributed by atoms with Gasteiger partial charge in [0.2, 0.25) is 0 Å². The molecule has 0 aromatic carbocycles. The highest BCUT2D eigenvalue weighted by atomic mass is 16.5. The second-order valence-corrected chi connectivity index (χ2v) is 1.21. The summed E-state index contributed by atoms with van der Waals surface area (Å²) in [4.78, 5) is 0. The van der Waals surface area contributed by atoms with Crippen LogP contribution < -0.4 is 0 Å². The second kappa shape index (κ2) is 2.12. The number of hydrogen-bond acceptors (Lipinski definition) is 3. The number of rotatable bonds is 1. The van der Waals surface area contributed by atoms with Crippen LogP contribution in [0.2, 0.25) is 0 Å². The van der Waals surface area contributed by atoms with Crippen LogP contribution in [0.3, 0.4) is 0 Å². The molecule has 0 bridgehead atoms. The lowest BCUT2D eigenvalue weighted by Crippen LogP contribution is -2.23. The van der Waals surface area contributed by atoms with E-state index in [1.165, 1.54) is 14.0 Å². The van der Waals surface area contributed by atoms with E-state index >= 15 is 0 Å². The van der Waals surface area contributed by atoms with Gasteiger partial charge in [0.1, 0.15) is 6.23 Å². The summed E-state index contributed by atoms with van der Waals surface area (Å²) in [5, 5.41) is 17.2. The Kier molecular flexibility index (Phi) is 2.08. The minimum Gasteiger partial charge on any atom is -0.377 e. The van der Waals surface area contributed by atoms with Gasteiger partial charge >= 0.3 is 0 Å². The summed E-state index contributed by atoms with van der Waals surface area (Å²) in [5.74, 6) is 0. The molecule has 0 spiro atoms. The van der Waals surface area contributed by atoms with Crippen molar-refractivity contribution in [3.05, 3.63) is 0 Å². The molecule has 0 saturated carbocycles. The van der Waals surface area contributed by atoms with Crippen LogP contribution in [0, 0.1) is 0 Å². The fourth-order valence-electron chi connectivity index (χ4n) is 0. The van der Waals surface area contributed by atoms with E-state index in [1.54, 1.807) is 0 Å². The average molecular weight is 91.1 g/mol. The Morgan fingerprint density at radius 1 is 1.67 bits per heavy atom. The zero-order chi connectivity index (χ0) is 5.15. The Morgan fingerprint density at radius 3 is 1.83 bits per heavy atom. The van der Waals surface area contributed by atoms with Crippen LogP contribution >= 0.6 is 0 Å². The normalized spacial score (nSPS) is 15.5. The van der Waals surface area contributed by atoms with Crippen molar-refractivity contribution in [1.82, 2.24) is 5.06 Å². The Balaban J connectivity index is 2.99. The first-order valence-corrected chi connectivity index (χ1v) is 1.74.